The average molecular weight is 362 g/mol. The van der Waals surface area contributed by atoms with Crippen LogP contribution in [0.3, 0.4) is 0 Å². The zero-order valence-electron chi connectivity index (χ0n) is 12.9. The molecular weight excluding hydrogens is 342 g/mol. The first-order valence-corrected chi connectivity index (χ1v) is 8.21. The molecule has 1 aliphatic rings. The molecule has 0 unspecified atom stereocenters. The van der Waals surface area contributed by atoms with Crippen molar-refractivity contribution in [2.24, 2.45) is 0 Å². The molecule has 0 atom stereocenters. The maximum atomic E-state index is 4.64. The molecular formula is C16H20BrN5. The minimum absolute atomic E-state index is 0.793. The Balaban J connectivity index is 1.76. The van der Waals surface area contributed by atoms with Gasteiger partial charge in [0.05, 0.1) is 5.69 Å². The number of halogens is 1. The summed E-state index contributed by atoms with van der Waals surface area (Å²) in [4.78, 5) is 13.6. The van der Waals surface area contributed by atoms with E-state index in [-0.39, 0.29) is 0 Å². The van der Waals surface area contributed by atoms with Crippen LogP contribution in [0, 0.1) is 6.92 Å². The number of hydrogen-bond acceptors (Lipinski definition) is 5. The summed E-state index contributed by atoms with van der Waals surface area (Å²) in [6.07, 6.45) is 1.81. The van der Waals surface area contributed by atoms with Crippen LogP contribution in [0.5, 0.6) is 0 Å². The molecule has 1 aliphatic heterocycles. The molecule has 3 rings (SSSR count). The lowest BCUT2D eigenvalue weighted by atomic mass is 10.2. The number of aryl methyl sites for hydroxylation is 1. The van der Waals surface area contributed by atoms with Gasteiger partial charge in [0.15, 0.2) is 0 Å². The number of likely N-dealkylation sites (N-methyl/N-ethyl adjacent to an activating group) is 1. The van der Waals surface area contributed by atoms with Gasteiger partial charge in [0.2, 0.25) is 5.95 Å². The molecule has 0 bridgehead atoms. The lowest BCUT2D eigenvalue weighted by molar-refractivity contribution is 0.311. The van der Waals surface area contributed by atoms with E-state index < -0.39 is 0 Å². The van der Waals surface area contributed by atoms with E-state index in [9.17, 15) is 0 Å². The number of hydrogen-bond donors (Lipinski definition) is 1. The normalized spacial score (nSPS) is 15.9. The first-order valence-electron chi connectivity index (χ1n) is 7.41. The summed E-state index contributed by atoms with van der Waals surface area (Å²) in [6, 6.07) is 8.11. The molecule has 1 saturated heterocycles. The van der Waals surface area contributed by atoms with E-state index in [0.717, 1.165) is 48.1 Å². The molecule has 116 valence electrons. The predicted octanol–water partition coefficient (Wildman–Crippen LogP) is 3.04. The van der Waals surface area contributed by atoms with E-state index in [4.69, 9.17) is 0 Å². The molecule has 0 spiro atoms. The average Bonchev–Trinajstić information content (AvgIpc) is 2.51. The summed E-state index contributed by atoms with van der Waals surface area (Å²) in [5, 5.41) is 3.35. The molecule has 2 heterocycles. The highest BCUT2D eigenvalue weighted by molar-refractivity contribution is 9.10. The smallest absolute Gasteiger partial charge is 0.227 e. The van der Waals surface area contributed by atoms with Crippen molar-refractivity contribution in [3.63, 3.8) is 0 Å². The first kappa shape index (κ1) is 15.2. The van der Waals surface area contributed by atoms with E-state index in [1.807, 2.05) is 12.3 Å². The van der Waals surface area contributed by atoms with Crippen LogP contribution in [0.4, 0.5) is 17.5 Å². The highest BCUT2D eigenvalue weighted by Crippen LogP contribution is 2.26. The number of nitrogens with zero attached hydrogens (tertiary/aromatic N) is 4. The number of benzene rings is 1. The zero-order valence-corrected chi connectivity index (χ0v) is 14.5. The van der Waals surface area contributed by atoms with Gasteiger partial charge in [-0.25, -0.2) is 4.98 Å². The quantitative estimate of drug-likeness (QED) is 0.909. The summed E-state index contributed by atoms with van der Waals surface area (Å²) in [5.41, 5.74) is 2.23. The highest BCUT2D eigenvalue weighted by atomic mass is 79.9. The van der Waals surface area contributed by atoms with Crippen molar-refractivity contribution in [1.82, 2.24) is 14.9 Å². The Labute approximate surface area is 139 Å². The number of piperazine rings is 1. The molecule has 1 fully saturated rings. The third-order valence-electron chi connectivity index (χ3n) is 3.82. The van der Waals surface area contributed by atoms with Gasteiger partial charge in [-0.15, -0.1) is 0 Å². The van der Waals surface area contributed by atoms with Crippen LogP contribution in [-0.4, -0.2) is 48.1 Å². The van der Waals surface area contributed by atoms with Crippen molar-refractivity contribution in [3.05, 3.63) is 40.5 Å². The molecule has 1 aromatic carbocycles. The Morgan fingerprint density at radius 3 is 2.64 bits per heavy atom. The van der Waals surface area contributed by atoms with Gasteiger partial charge in [0.25, 0.3) is 0 Å². The minimum atomic E-state index is 0.793. The fourth-order valence-corrected chi connectivity index (χ4v) is 3.03. The van der Waals surface area contributed by atoms with Crippen molar-refractivity contribution in [2.75, 3.05) is 43.4 Å². The van der Waals surface area contributed by atoms with Crippen LogP contribution in [-0.2, 0) is 0 Å². The van der Waals surface area contributed by atoms with Gasteiger partial charge in [-0.2, -0.15) is 4.98 Å². The maximum Gasteiger partial charge on any atom is 0.227 e. The van der Waals surface area contributed by atoms with Crippen molar-refractivity contribution in [3.8, 4) is 0 Å². The Morgan fingerprint density at radius 2 is 1.91 bits per heavy atom. The van der Waals surface area contributed by atoms with Crippen LogP contribution in [0.15, 0.2) is 34.9 Å². The van der Waals surface area contributed by atoms with E-state index >= 15 is 0 Å². The molecule has 0 radical (unpaired) electrons. The maximum absolute atomic E-state index is 4.64. The third-order valence-corrected chi connectivity index (χ3v) is 4.47. The summed E-state index contributed by atoms with van der Waals surface area (Å²) in [5.74, 6) is 1.61. The fraction of sp³-hybridized carbons (Fsp3) is 0.375. The fourth-order valence-electron chi connectivity index (χ4n) is 2.44. The number of anilines is 3. The number of aromatic nitrogens is 2. The van der Waals surface area contributed by atoms with Gasteiger partial charge in [-0.05, 0) is 53.7 Å². The second-order valence-electron chi connectivity index (χ2n) is 5.64. The van der Waals surface area contributed by atoms with Gasteiger partial charge < -0.3 is 15.1 Å². The largest absolute Gasteiger partial charge is 0.339 e. The molecule has 2 aromatic rings. The molecule has 0 amide bonds. The van der Waals surface area contributed by atoms with E-state index in [2.05, 4.69) is 73.2 Å². The molecule has 22 heavy (non-hydrogen) atoms. The SMILES string of the molecule is Cc1ccc(Nc2ccnc(N3CCN(C)CC3)n2)c(Br)c1. The Hall–Kier alpha value is -1.66. The lowest BCUT2D eigenvalue weighted by Crippen LogP contribution is -2.45. The van der Waals surface area contributed by atoms with Crippen LogP contribution >= 0.6 is 15.9 Å². The highest BCUT2D eigenvalue weighted by Gasteiger charge is 2.16. The monoisotopic (exact) mass is 361 g/mol. The second-order valence-corrected chi connectivity index (χ2v) is 6.49. The van der Waals surface area contributed by atoms with Crippen LogP contribution in [0.1, 0.15) is 5.56 Å². The Kier molecular flexibility index (Phi) is 4.59. The summed E-state index contributed by atoms with van der Waals surface area (Å²) < 4.78 is 1.03. The van der Waals surface area contributed by atoms with Gasteiger partial charge >= 0.3 is 0 Å². The lowest BCUT2D eigenvalue weighted by Gasteiger charge is -2.32. The summed E-state index contributed by atoms with van der Waals surface area (Å²) >= 11 is 3.58. The number of nitrogens with one attached hydrogen (secondary N) is 1. The molecule has 0 saturated carbocycles. The predicted molar refractivity (Wildman–Crippen MR) is 93.9 cm³/mol. The molecule has 1 aromatic heterocycles. The van der Waals surface area contributed by atoms with Crippen molar-refractivity contribution in [1.29, 1.82) is 0 Å². The van der Waals surface area contributed by atoms with Crippen LogP contribution in [0.25, 0.3) is 0 Å². The van der Waals surface area contributed by atoms with E-state index in [1.165, 1.54) is 5.56 Å². The summed E-state index contributed by atoms with van der Waals surface area (Å²) in [6.45, 7) is 6.10. The number of rotatable bonds is 3. The van der Waals surface area contributed by atoms with E-state index in [0.29, 0.717) is 0 Å². The molecule has 5 nitrogen and oxygen atoms in total. The van der Waals surface area contributed by atoms with Crippen LogP contribution < -0.4 is 10.2 Å². The Bertz CT molecular complexity index is 653. The van der Waals surface area contributed by atoms with Gasteiger partial charge in [0.1, 0.15) is 5.82 Å². The molecule has 0 aliphatic carbocycles. The second kappa shape index (κ2) is 6.62. The van der Waals surface area contributed by atoms with Gasteiger partial charge in [0, 0.05) is 36.8 Å². The third kappa shape index (κ3) is 3.56. The Morgan fingerprint density at radius 1 is 1.14 bits per heavy atom. The molecule has 6 heteroatoms. The topological polar surface area (TPSA) is 44.3 Å². The van der Waals surface area contributed by atoms with Crippen molar-refractivity contribution >= 4 is 33.4 Å². The first-order chi connectivity index (χ1) is 10.6. The van der Waals surface area contributed by atoms with Gasteiger partial charge in [-0.1, -0.05) is 6.07 Å². The van der Waals surface area contributed by atoms with Gasteiger partial charge in [-0.3, -0.25) is 0 Å². The van der Waals surface area contributed by atoms with Crippen molar-refractivity contribution in [2.45, 2.75) is 6.92 Å². The zero-order chi connectivity index (χ0) is 15.5. The van der Waals surface area contributed by atoms with E-state index in [1.54, 1.807) is 0 Å². The van der Waals surface area contributed by atoms with Crippen molar-refractivity contribution < 1.29 is 0 Å². The summed E-state index contributed by atoms with van der Waals surface area (Å²) in [7, 11) is 2.14. The minimum Gasteiger partial charge on any atom is -0.339 e. The molecule has 1 N–H and O–H groups in total. The van der Waals surface area contributed by atoms with Crippen LogP contribution in [0.2, 0.25) is 0 Å². The standard InChI is InChI=1S/C16H20BrN5/c1-12-3-4-14(13(17)11-12)19-15-5-6-18-16(20-15)22-9-7-21(2)8-10-22/h3-6,11H,7-10H2,1-2H3,(H,18,19,20).